The van der Waals surface area contributed by atoms with Gasteiger partial charge in [0.05, 0.1) is 24.2 Å². The molecule has 0 fully saturated rings. The summed E-state index contributed by atoms with van der Waals surface area (Å²) in [7, 11) is 0. The lowest BCUT2D eigenvalue weighted by molar-refractivity contribution is 0.0721. The maximum atomic E-state index is 13.0. The van der Waals surface area contributed by atoms with Crippen LogP contribution < -0.4 is 19.8 Å². The van der Waals surface area contributed by atoms with E-state index >= 15 is 0 Å². The topological polar surface area (TPSA) is 75.0 Å². The van der Waals surface area contributed by atoms with Crippen LogP contribution in [-0.4, -0.2) is 19.2 Å². The zero-order valence-electron chi connectivity index (χ0n) is 22.7. The van der Waals surface area contributed by atoms with Crippen molar-refractivity contribution in [2.75, 3.05) is 13.2 Å². The molecule has 0 amide bonds. The van der Waals surface area contributed by atoms with Crippen LogP contribution in [0.5, 0.6) is 17.2 Å². The highest BCUT2D eigenvalue weighted by molar-refractivity contribution is 5.94. The van der Waals surface area contributed by atoms with E-state index < -0.39 is 11.6 Å². The molecule has 6 heteroatoms. The summed E-state index contributed by atoms with van der Waals surface area (Å²) < 4.78 is 23.2. The lowest BCUT2D eigenvalue weighted by Crippen LogP contribution is -2.16. The van der Waals surface area contributed by atoms with E-state index in [1.807, 2.05) is 18.2 Å². The number of carbonyl (C=O) groups excluding carboxylic acids is 1. The number of ether oxygens (including phenoxy) is 3. The second-order valence-corrected chi connectivity index (χ2v) is 9.28. The standard InChI is InChI=1S/C32H40O6/c1-3-5-7-9-10-11-12-17-23-35-27-22-18-21-26-28(27)37-32(34)30(29(26)36-24-16-8-6-4-2)38-31(33)25-19-14-13-15-20-25/h6,8,13-15,18-22H,3-5,7,9-12,16-17,23-24H2,1-2H3/b8-6+. The van der Waals surface area contributed by atoms with Gasteiger partial charge in [-0.05, 0) is 43.5 Å². The van der Waals surface area contributed by atoms with Gasteiger partial charge in [-0.2, -0.15) is 0 Å². The Bertz CT molecular complexity index is 1210. The lowest BCUT2D eigenvalue weighted by Gasteiger charge is -2.14. The van der Waals surface area contributed by atoms with E-state index in [-0.39, 0.29) is 17.1 Å². The molecule has 0 saturated heterocycles. The van der Waals surface area contributed by atoms with Crippen molar-refractivity contribution in [1.29, 1.82) is 0 Å². The predicted octanol–water partition coefficient (Wildman–Crippen LogP) is 8.27. The molecule has 0 atom stereocenters. The molecule has 3 aromatic rings. The average molecular weight is 521 g/mol. The zero-order valence-corrected chi connectivity index (χ0v) is 22.7. The van der Waals surface area contributed by atoms with Crippen LogP contribution in [0.25, 0.3) is 11.0 Å². The normalized spacial score (nSPS) is 11.2. The summed E-state index contributed by atoms with van der Waals surface area (Å²) in [6, 6.07) is 13.9. The van der Waals surface area contributed by atoms with Crippen molar-refractivity contribution >= 4 is 16.9 Å². The van der Waals surface area contributed by atoms with E-state index in [0.717, 1.165) is 19.3 Å². The highest BCUT2D eigenvalue weighted by Crippen LogP contribution is 2.37. The van der Waals surface area contributed by atoms with Gasteiger partial charge in [0.1, 0.15) is 0 Å². The van der Waals surface area contributed by atoms with Crippen LogP contribution in [0.15, 0.2) is 69.9 Å². The van der Waals surface area contributed by atoms with Crippen molar-refractivity contribution in [2.24, 2.45) is 0 Å². The fourth-order valence-electron chi connectivity index (χ4n) is 4.16. The molecular formula is C32H40O6. The highest BCUT2D eigenvalue weighted by Gasteiger charge is 2.23. The number of esters is 1. The summed E-state index contributed by atoms with van der Waals surface area (Å²) in [6.07, 6.45) is 15.3. The molecule has 0 N–H and O–H groups in total. The van der Waals surface area contributed by atoms with Crippen LogP contribution in [0.2, 0.25) is 0 Å². The number of carbonyl (C=O) groups is 1. The molecule has 204 valence electrons. The minimum Gasteiger partial charge on any atom is -0.490 e. The Balaban J connectivity index is 1.77. The fraction of sp³-hybridized carbons (Fsp3) is 0.438. The maximum Gasteiger partial charge on any atom is 0.383 e. The van der Waals surface area contributed by atoms with Gasteiger partial charge in [-0.25, -0.2) is 9.59 Å². The Labute approximate surface area is 225 Å². The molecule has 3 rings (SSSR count). The Morgan fingerprint density at radius 1 is 0.789 bits per heavy atom. The molecule has 0 bridgehead atoms. The Hall–Kier alpha value is -3.54. The summed E-state index contributed by atoms with van der Waals surface area (Å²) in [5.74, 6) is -0.261. The summed E-state index contributed by atoms with van der Waals surface area (Å²) in [6.45, 7) is 5.13. The summed E-state index contributed by atoms with van der Waals surface area (Å²) >= 11 is 0. The van der Waals surface area contributed by atoms with Crippen LogP contribution in [0.1, 0.15) is 88.4 Å². The number of fused-ring (bicyclic) bond motifs is 1. The largest absolute Gasteiger partial charge is 0.490 e. The second-order valence-electron chi connectivity index (χ2n) is 9.28. The Morgan fingerprint density at radius 3 is 2.26 bits per heavy atom. The van der Waals surface area contributed by atoms with Crippen LogP contribution >= 0.6 is 0 Å². The highest BCUT2D eigenvalue weighted by atomic mass is 16.6. The number of para-hydroxylation sites is 1. The Kier molecular flexibility index (Phi) is 12.5. The molecule has 0 spiro atoms. The number of unbranched alkanes of at least 4 members (excludes halogenated alkanes) is 7. The Morgan fingerprint density at radius 2 is 1.53 bits per heavy atom. The minimum absolute atomic E-state index is 0.183. The molecule has 0 radical (unpaired) electrons. The molecule has 1 heterocycles. The van der Waals surface area contributed by atoms with Gasteiger partial charge in [-0.3, -0.25) is 0 Å². The first-order valence-electron chi connectivity index (χ1n) is 13.9. The molecular weight excluding hydrogens is 480 g/mol. The van der Waals surface area contributed by atoms with E-state index in [4.69, 9.17) is 18.6 Å². The molecule has 1 aromatic heterocycles. The summed E-state index contributed by atoms with van der Waals surface area (Å²) in [5, 5.41) is 0.522. The summed E-state index contributed by atoms with van der Waals surface area (Å²) in [4.78, 5) is 25.8. The van der Waals surface area contributed by atoms with Crippen LogP contribution in [0.4, 0.5) is 0 Å². The van der Waals surface area contributed by atoms with Gasteiger partial charge < -0.3 is 18.6 Å². The van der Waals surface area contributed by atoms with Crippen molar-refractivity contribution in [3.8, 4) is 17.2 Å². The number of hydrogen-bond donors (Lipinski definition) is 0. The molecule has 38 heavy (non-hydrogen) atoms. The van der Waals surface area contributed by atoms with E-state index in [1.165, 1.54) is 38.5 Å². The summed E-state index contributed by atoms with van der Waals surface area (Å²) in [5.41, 5.74) is -0.175. The zero-order chi connectivity index (χ0) is 27.0. The molecule has 0 saturated carbocycles. The fourth-order valence-corrected chi connectivity index (χ4v) is 4.16. The number of rotatable bonds is 17. The van der Waals surface area contributed by atoms with Crippen molar-refractivity contribution < 1.29 is 23.4 Å². The first-order chi connectivity index (χ1) is 18.7. The lowest BCUT2D eigenvalue weighted by atomic mass is 10.1. The molecule has 0 aliphatic carbocycles. The third-order valence-corrected chi connectivity index (χ3v) is 6.20. The van der Waals surface area contributed by atoms with Crippen molar-refractivity contribution in [3.63, 3.8) is 0 Å². The van der Waals surface area contributed by atoms with E-state index in [2.05, 4.69) is 13.8 Å². The van der Waals surface area contributed by atoms with Gasteiger partial charge in [0.15, 0.2) is 17.1 Å². The molecule has 0 unspecified atom stereocenters. The third-order valence-electron chi connectivity index (χ3n) is 6.20. The number of benzene rings is 2. The van der Waals surface area contributed by atoms with Crippen molar-refractivity contribution in [2.45, 2.75) is 78.1 Å². The SMILES string of the molecule is CC/C=C/CCOc1c(OC(=O)c2ccccc2)c(=O)oc2c(OCCCCCCCCCC)cccc12. The van der Waals surface area contributed by atoms with Crippen LogP contribution in [0.3, 0.4) is 0 Å². The monoisotopic (exact) mass is 520 g/mol. The molecule has 0 aliphatic heterocycles. The van der Waals surface area contributed by atoms with E-state index in [0.29, 0.717) is 36.3 Å². The van der Waals surface area contributed by atoms with Gasteiger partial charge in [0.25, 0.3) is 5.75 Å². The van der Waals surface area contributed by atoms with Gasteiger partial charge in [0, 0.05) is 0 Å². The van der Waals surface area contributed by atoms with Crippen LogP contribution in [-0.2, 0) is 0 Å². The van der Waals surface area contributed by atoms with Gasteiger partial charge in [0.2, 0.25) is 0 Å². The molecule has 6 nitrogen and oxygen atoms in total. The number of allylic oxidation sites excluding steroid dienone is 1. The van der Waals surface area contributed by atoms with Gasteiger partial charge in [-0.15, -0.1) is 0 Å². The first kappa shape index (κ1) is 29.0. The second kappa shape index (κ2) is 16.3. The van der Waals surface area contributed by atoms with Gasteiger partial charge in [-0.1, -0.05) is 95.2 Å². The van der Waals surface area contributed by atoms with E-state index in [1.54, 1.807) is 42.5 Å². The quantitative estimate of drug-likeness (QED) is 0.0772. The molecule has 0 aliphatic rings. The van der Waals surface area contributed by atoms with E-state index in [9.17, 15) is 9.59 Å². The number of hydrogen-bond acceptors (Lipinski definition) is 6. The van der Waals surface area contributed by atoms with Gasteiger partial charge >= 0.3 is 11.6 Å². The third kappa shape index (κ3) is 8.79. The average Bonchev–Trinajstić information content (AvgIpc) is 2.94. The molecule has 2 aromatic carbocycles. The van der Waals surface area contributed by atoms with Crippen molar-refractivity contribution in [1.82, 2.24) is 0 Å². The maximum absolute atomic E-state index is 13.0. The first-order valence-corrected chi connectivity index (χ1v) is 13.9. The predicted molar refractivity (Wildman–Crippen MR) is 152 cm³/mol. The van der Waals surface area contributed by atoms with Crippen LogP contribution in [0, 0.1) is 0 Å². The minimum atomic E-state index is -0.788. The van der Waals surface area contributed by atoms with Crippen molar-refractivity contribution in [3.05, 3.63) is 76.7 Å². The smallest absolute Gasteiger partial charge is 0.383 e.